The molecule has 10 nitrogen and oxygen atoms in total. The molecule has 4 heterocycles. The van der Waals surface area contributed by atoms with Crippen LogP contribution in [0.5, 0.6) is 11.5 Å². The number of anilines is 2. The fraction of sp³-hybridized carbons (Fsp3) is 0.312. The molecule has 0 spiro atoms. The number of aryl methyl sites for hydroxylation is 1. The predicted molar refractivity (Wildman–Crippen MR) is 161 cm³/mol. The van der Waals surface area contributed by atoms with E-state index in [2.05, 4.69) is 32.3 Å². The zero-order chi connectivity index (χ0) is 29.1. The number of hydrogen-bond donors (Lipinski definition) is 2. The van der Waals surface area contributed by atoms with E-state index < -0.39 is 0 Å². The summed E-state index contributed by atoms with van der Waals surface area (Å²) in [7, 11) is 0. The highest BCUT2D eigenvalue weighted by Crippen LogP contribution is 2.31. The van der Waals surface area contributed by atoms with Gasteiger partial charge in [0.05, 0.1) is 34.5 Å². The fourth-order valence-corrected chi connectivity index (χ4v) is 5.20. The number of piperazine rings is 1. The highest BCUT2D eigenvalue weighted by Gasteiger charge is 2.18. The van der Waals surface area contributed by atoms with Gasteiger partial charge >= 0.3 is 0 Å². The maximum atomic E-state index is 13.2. The van der Waals surface area contributed by atoms with Crippen molar-refractivity contribution in [2.45, 2.75) is 20.4 Å². The highest BCUT2D eigenvalue weighted by atomic mass is 16.6. The molecular weight excluding hydrogens is 532 g/mol. The average molecular weight is 567 g/mol. The summed E-state index contributed by atoms with van der Waals surface area (Å²) in [4.78, 5) is 40.2. The molecule has 0 radical (unpaired) electrons. The van der Waals surface area contributed by atoms with Crippen LogP contribution in [-0.2, 0) is 6.54 Å². The molecule has 42 heavy (non-hydrogen) atoms. The fourth-order valence-electron chi connectivity index (χ4n) is 5.20. The molecule has 1 saturated heterocycles. The van der Waals surface area contributed by atoms with Crippen molar-refractivity contribution in [1.82, 2.24) is 19.8 Å². The highest BCUT2D eigenvalue weighted by molar-refractivity contribution is 6.07. The number of fused-ring (bicyclic) bond motifs is 2. The Balaban J connectivity index is 1.11. The zero-order valence-corrected chi connectivity index (χ0v) is 23.9. The number of aromatic nitrogens is 2. The van der Waals surface area contributed by atoms with Crippen molar-refractivity contribution < 1.29 is 19.1 Å². The zero-order valence-electron chi connectivity index (χ0n) is 23.9. The number of nitrogens with one attached hydrogen (secondary N) is 2. The summed E-state index contributed by atoms with van der Waals surface area (Å²) < 4.78 is 11.1. The largest absolute Gasteiger partial charge is 0.486 e. The van der Waals surface area contributed by atoms with E-state index in [1.165, 1.54) is 0 Å². The molecule has 10 heteroatoms. The van der Waals surface area contributed by atoms with Crippen LogP contribution in [0.3, 0.4) is 0 Å². The lowest BCUT2D eigenvalue weighted by atomic mass is 10.1. The van der Waals surface area contributed by atoms with Crippen LogP contribution >= 0.6 is 0 Å². The Kier molecular flexibility index (Phi) is 7.98. The Morgan fingerprint density at radius 2 is 1.55 bits per heavy atom. The van der Waals surface area contributed by atoms with Gasteiger partial charge in [0.2, 0.25) is 0 Å². The van der Waals surface area contributed by atoms with Crippen LogP contribution in [0.15, 0.2) is 60.8 Å². The molecule has 0 bridgehead atoms. The predicted octanol–water partition coefficient (Wildman–Crippen LogP) is 4.35. The maximum absolute atomic E-state index is 13.2. The van der Waals surface area contributed by atoms with Crippen LogP contribution in [0, 0.1) is 6.92 Å². The second kappa shape index (κ2) is 12.1. The first-order valence-corrected chi connectivity index (χ1v) is 14.3. The number of nitrogens with zero attached hydrogens (tertiary/aromatic N) is 4. The van der Waals surface area contributed by atoms with Gasteiger partial charge in [0, 0.05) is 49.2 Å². The third kappa shape index (κ3) is 6.19. The first kappa shape index (κ1) is 27.6. The number of carbonyl (C=O) groups excluding carboxylic acids is 2. The molecule has 2 aromatic carbocycles. The minimum absolute atomic E-state index is 0.269. The number of ether oxygens (including phenoxy) is 2. The van der Waals surface area contributed by atoms with Gasteiger partial charge in [0.15, 0.2) is 11.5 Å². The van der Waals surface area contributed by atoms with E-state index in [0.29, 0.717) is 52.9 Å². The molecule has 1 fully saturated rings. The Labute approximate surface area is 244 Å². The quantitative estimate of drug-likeness (QED) is 0.340. The molecule has 2 aromatic heterocycles. The van der Waals surface area contributed by atoms with E-state index in [-0.39, 0.29) is 11.8 Å². The molecule has 216 valence electrons. The Hall–Kier alpha value is -4.54. The van der Waals surface area contributed by atoms with Crippen molar-refractivity contribution in [3.63, 3.8) is 0 Å². The number of rotatable bonds is 7. The van der Waals surface area contributed by atoms with Gasteiger partial charge in [-0.2, -0.15) is 0 Å². The van der Waals surface area contributed by atoms with Gasteiger partial charge < -0.3 is 25.0 Å². The summed E-state index contributed by atoms with van der Waals surface area (Å²) in [6.45, 7) is 11.1. The van der Waals surface area contributed by atoms with Crippen molar-refractivity contribution in [2.75, 3.05) is 56.6 Å². The average Bonchev–Trinajstić information content (AvgIpc) is 3.02. The molecule has 0 unspecified atom stereocenters. The van der Waals surface area contributed by atoms with Crippen LogP contribution in [0.1, 0.15) is 39.0 Å². The minimum Gasteiger partial charge on any atom is -0.486 e. The standard InChI is InChI=1S/C32H34N6O4/c1-3-37-10-12-38(13-11-37)20-25-7-4-22-16-23(5-8-27(22)34-25)32(40)36-28-18-26(19-33-21(28)2)35-31(39)24-6-9-29-30(17-24)42-15-14-41-29/h4-9,16-19H,3,10-15,20H2,1-2H3,(H,35,39)(H,36,40). The van der Waals surface area contributed by atoms with Gasteiger partial charge in [0.1, 0.15) is 13.2 Å². The summed E-state index contributed by atoms with van der Waals surface area (Å²) >= 11 is 0. The normalized spacial score (nSPS) is 15.4. The number of hydrogen-bond acceptors (Lipinski definition) is 8. The van der Waals surface area contributed by atoms with Gasteiger partial charge in [-0.05, 0) is 62.0 Å². The SMILES string of the molecule is CCN1CCN(Cc2ccc3cc(C(=O)Nc4cc(NC(=O)c5ccc6c(c5)OCCO6)cnc4C)ccc3n2)CC1. The third-order valence-electron chi connectivity index (χ3n) is 7.70. The molecular formula is C32H34N6O4. The first-order chi connectivity index (χ1) is 20.4. The second-order valence-corrected chi connectivity index (χ2v) is 10.5. The van der Waals surface area contributed by atoms with E-state index in [4.69, 9.17) is 14.5 Å². The number of pyridine rings is 2. The first-order valence-electron chi connectivity index (χ1n) is 14.3. The maximum Gasteiger partial charge on any atom is 0.255 e. The molecule has 0 aliphatic carbocycles. The van der Waals surface area contributed by atoms with Crippen molar-refractivity contribution in [3.05, 3.63) is 83.3 Å². The molecule has 0 saturated carbocycles. The van der Waals surface area contributed by atoms with Crippen LogP contribution in [0.25, 0.3) is 10.9 Å². The van der Waals surface area contributed by atoms with E-state index in [9.17, 15) is 9.59 Å². The van der Waals surface area contributed by atoms with Crippen molar-refractivity contribution in [2.24, 2.45) is 0 Å². The van der Waals surface area contributed by atoms with E-state index in [1.54, 1.807) is 43.5 Å². The van der Waals surface area contributed by atoms with Crippen molar-refractivity contribution in [1.29, 1.82) is 0 Å². The van der Waals surface area contributed by atoms with Gasteiger partial charge in [-0.1, -0.05) is 13.0 Å². The smallest absolute Gasteiger partial charge is 0.255 e. The molecule has 2 N–H and O–H groups in total. The van der Waals surface area contributed by atoms with Crippen molar-refractivity contribution in [3.8, 4) is 11.5 Å². The summed E-state index contributed by atoms with van der Waals surface area (Å²) in [5.41, 5.74) is 4.43. The minimum atomic E-state index is -0.320. The molecule has 2 amide bonds. The molecule has 0 atom stereocenters. The van der Waals surface area contributed by atoms with Crippen LogP contribution in [0.4, 0.5) is 11.4 Å². The lowest BCUT2D eigenvalue weighted by Crippen LogP contribution is -2.45. The number of amides is 2. The van der Waals surface area contributed by atoms with E-state index >= 15 is 0 Å². The van der Waals surface area contributed by atoms with Gasteiger partial charge in [0.25, 0.3) is 11.8 Å². The topological polar surface area (TPSA) is 109 Å². The van der Waals surface area contributed by atoms with Crippen LogP contribution in [-0.4, -0.2) is 77.5 Å². The van der Waals surface area contributed by atoms with Crippen molar-refractivity contribution >= 4 is 34.1 Å². The summed E-state index contributed by atoms with van der Waals surface area (Å²) in [5, 5.41) is 6.69. The lowest BCUT2D eigenvalue weighted by molar-refractivity contribution is 0.101. The lowest BCUT2D eigenvalue weighted by Gasteiger charge is -2.33. The van der Waals surface area contributed by atoms with Gasteiger partial charge in [-0.15, -0.1) is 0 Å². The number of carbonyl (C=O) groups is 2. The Morgan fingerprint density at radius 1 is 0.833 bits per heavy atom. The Bertz CT molecular complexity index is 1630. The third-order valence-corrected chi connectivity index (χ3v) is 7.70. The van der Waals surface area contributed by atoms with Crippen LogP contribution in [0.2, 0.25) is 0 Å². The molecule has 6 rings (SSSR count). The summed E-state index contributed by atoms with van der Waals surface area (Å²) in [5.74, 6) is 0.566. The second-order valence-electron chi connectivity index (χ2n) is 10.5. The molecule has 4 aromatic rings. The summed E-state index contributed by atoms with van der Waals surface area (Å²) in [6.07, 6.45) is 1.56. The van der Waals surface area contributed by atoms with E-state index in [1.807, 2.05) is 24.3 Å². The Morgan fingerprint density at radius 3 is 2.36 bits per heavy atom. The van der Waals surface area contributed by atoms with Gasteiger partial charge in [-0.25, -0.2) is 0 Å². The monoisotopic (exact) mass is 566 g/mol. The van der Waals surface area contributed by atoms with Crippen LogP contribution < -0.4 is 20.1 Å². The number of benzene rings is 2. The molecule has 2 aliphatic heterocycles. The van der Waals surface area contributed by atoms with Gasteiger partial charge in [-0.3, -0.25) is 24.5 Å². The summed E-state index contributed by atoms with van der Waals surface area (Å²) in [6, 6.07) is 16.3. The number of likely N-dealkylation sites (N-methyl/N-ethyl adjacent to an activating group) is 1. The van der Waals surface area contributed by atoms with E-state index in [0.717, 1.165) is 55.9 Å². The molecule has 2 aliphatic rings.